The van der Waals surface area contributed by atoms with Crippen LogP contribution < -0.4 is 10.5 Å². The van der Waals surface area contributed by atoms with Gasteiger partial charge in [0.2, 0.25) is 5.91 Å². The van der Waals surface area contributed by atoms with Crippen molar-refractivity contribution in [2.75, 3.05) is 26.2 Å². The minimum atomic E-state index is -0.161. The van der Waals surface area contributed by atoms with Crippen LogP contribution in [0.1, 0.15) is 12.8 Å². The number of rotatable bonds is 5. The Morgan fingerprint density at radius 1 is 1.32 bits per heavy atom. The lowest BCUT2D eigenvalue weighted by molar-refractivity contribution is -0.123. The molecule has 1 fully saturated rings. The molecule has 1 aromatic carbocycles. The average molecular weight is 327 g/mol. The maximum atomic E-state index is 11.1. The number of primary amides is 1. The van der Waals surface area contributed by atoms with Crippen molar-refractivity contribution in [1.29, 1.82) is 0 Å². The Hall–Kier alpha value is -1.07. The number of likely N-dealkylation sites (tertiary alicyclic amines) is 1. The third kappa shape index (κ3) is 4.51. The van der Waals surface area contributed by atoms with E-state index in [0.717, 1.165) is 42.7 Å². The molecule has 0 radical (unpaired) electrons. The van der Waals surface area contributed by atoms with E-state index < -0.39 is 0 Å². The molecule has 2 N–H and O–H groups in total. The highest BCUT2D eigenvalue weighted by Crippen LogP contribution is 2.18. The molecular weight excluding hydrogens is 308 g/mol. The summed E-state index contributed by atoms with van der Waals surface area (Å²) in [7, 11) is 0. The van der Waals surface area contributed by atoms with Gasteiger partial charge in [-0.2, -0.15) is 0 Å². The van der Waals surface area contributed by atoms with Gasteiger partial charge in [0.25, 0.3) is 0 Å². The van der Waals surface area contributed by atoms with E-state index in [2.05, 4.69) is 20.8 Å². The molecule has 1 saturated heterocycles. The lowest BCUT2D eigenvalue weighted by Gasteiger charge is -2.30. The summed E-state index contributed by atoms with van der Waals surface area (Å²) in [6.45, 7) is 3.42. The number of nitrogens with zero attached hydrogens (tertiary/aromatic N) is 1. The summed E-state index contributed by atoms with van der Waals surface area (Å²) >= 11 is 3.39. The van der Waals surface area contributed by atoms with Crippen LogP contribution in [0.15, 0.2) is 28.7 Å². The van der Waals surface area contributed by atoms with E-state index in [1.807, 2.05) is 24.3 Å². The van der Waals surface area contributed by atoms with Crippen molar-refractivity contribution < 1.29 is 9.53 Å². The smallest absolute Gasteiger partial charge is 0.220 e. The summed E-state index contributed by atoms with van der Waals surface area (Å²) in [5, 5.41) is 0. The van der Waals surface area contributed by atoms with Crippen LogP contribution in [0.4, 0.5) is 0 Å². The van der Waals surface area contributed by atoms with Crippen molar-refractivity contribution in [3.63, 3.8) is 0 Å². The van der Waals surface area contributed by atoms with Gasteiger partial charge < -0.3 is 10.5 Å². The summed E-state index contributed by atoms with van der Waals surface area (Å²) in [5.41, 5.74) is 5.31. The van der Waals surface area contributed by atoms with E-state index in [9.17, 15) is 4.79 Å². The molecule has 104 valence electrons. The van der Waals surface area contributed by atoms with Crippen LogP contribution in [-0.2, 0) is 4.79 Å². The lowest BCUT2D eigenvalue weighted by Crippen LogP contribution is -2.40. The van der Waals surface area contributed by atoms with Crippen molar-refractivity contribution in [3.8, 4) is 5.75 Å². The summed E-state index contributed by atoms with van der Waals surface area (Å²) in [4.78, 5) is 13.4. The van der Waals surface area contributed by atoms with Crippen molar-refractivity contribution in [2.45, 2.75) is 12.8 Å². The number of piperidine rings is 1. The molecule has 4 nitrogen and oxygen atoms in total. The molecule has 0 atom stereocenters. The fourth-order valence-electron chi connectivity index (χ4n) is 2.26. The highest BCUT2D eigenvalue weighted by atomic mass is 79.9. The first-order valence-electron chi connectivity index (χ1n) is 6.55. The summed E-state index contributed by atoms with van der Waals surface area (Å²) in [6.07, 6.45) is 1.74. The standard InChI is InChI=1S/C14H19BrN2O2/c15-12-1-3-13(4-2-12)19-10-9-17-7-5-11(6-8-17)14(16)18/h1-4,11H,5-10H2,(H2,16,18). The van der Waals surface area contributed by atoms with Gasteiger partial charge in [-0.05, 0) is 50.2 Å². The Balaban J connectivity index is 1.67. The first-order valence-corrected chi connectivity index (χ1v) is 7.34. The number of carbonyl (C=O) groups is 1. The number of carbonyl (C=O) groups excluding carboxylic acids is 1. The Labute approximate surface area is 122 Å². The first-order chi connectivity index (χ1) is 9.15. The third-order valence-electron chi connectivity index (χ3n) is 3.48. The number of halogens is 1. The van der Waals surface area contributed by atoms with E-state index in [0.29, 0.717) is 6.61 Å². The predicted molar refractivity (Wildman–Crippen MR) is 78.0 cm³/mol. The third-order valence-corrected chi connectivity index (χ3v) is 4.01. The maximum Gasteiger partial charge on any atom is 0.220 e. The molecule has 0 saturated carbocycles. The molecule has 0 aromatic heterocycles. The van der Waals surface area contributed by atoms with Gasteiger partial charge in [0.05, 0.1) is 0 Å². The van der Waals surface area contributed by atoms with Crippen LogP contribution in [0, 0.1) is 5.92 Å². The van der Waals surface area contributed by atoms with E-state index in [-0.39, 0.29) is 11.8 Å². The maximum absolute atomic E-state index is 11.1. The van der Waals surface area contributed by atoms with Crippen molar-refractivity contribution in [3.05, 3.63) is 28.7 Å². The highest BCUT2D eigenvalue weighted by Gasteiger charge is 2.22. The van der Waals surface area contributed by atoms with Crippen LogP contribution in [-0.4, -0.2) is 37.0 Å². The van der Waals surface area contributed by atoms with E-state index in [1.54, 1.807) is 0 Å². The van der Waals surface area contributed by atoms with Crippen molar-refractivity contribution in [1.82, 2.24) is 4.90 Å². The zero-order valence-corrected chi connectivity index (χ0v) is 12.4. The lowest BCUT2D eigenvalue weighted by atomic mass is 9.96. The fourth-order valence-corrected chi connectivity index (χ4v) is 2.53. The molecule has 1 amide bonds. The predicted octanol–water partition coefficient (Wildman–Crippen LogP) is 2.03. The van der Waals surface area contributed by atoms with Gasteiger partial charge in [0.1, 0.15) is 12.4 Å². The Morgan fingerprint density at radius 2 is 1.95 bits per heavy atom. The van der Waals surface area contributed by atoms with Gasteiger partial charge in [-0.15, -0.1) is 0 Å². The summed E-state index contributed by atoms with van der Waals surface area (Å²) < 4.78 is 6.73. The number of benzene rings is 1. The van der Waals surface area contributed by atoms with E-state index in [1.165, 1.54) is 0 Å². The van der Waals surface area contributed by atoms with Crippen LogP contribution in [0.3, 0.4) is 0 Å². The molecule has 19 heavy (non-hydrogen) atoms. The van der Waals surface area contributed by atoms with Gasteiger partial charge in [0, 0.05) is 16.9 Å². The molecule has 2 rings (SSSR count). The largest absolute Gasteiger partial charge is 0.492 e. The van der Waals surface area contributed by atoms with E-state index >= 15 is 0 Å². The molecule has 1 aliphatic heterocycles. The summed E-state index contributed by atoms with van der Waals surface area (Å²) in [5.74, 6) is 0.782. The van der Waals surface area contributed by atoms with Crippen LogP contribution in [0.25, 0.3) is 0 Å². The number of nitrogens with two attached hydrogens (primary N) is 1. The quantitative estimate of drug-likeness (QED) is 0.900. The molecule has 0 unspecified atom stereocenters. The minimum absolute atomic E-state index is 0.0589. The van der Waals surface area contributed by atoms with Crippen LogP contribution in [0.5, 0.6) is 5.75 Å². The number of ether oxygens (including phenoxy) is 1. The molecule has 0 bridgehead atoms. The Morgan fingerprint density at radius 3 is 2.53 bits per heavy atom. The second kappa shape index (κ2) is 6.91. The van der Waals surface area contributed by atoms with Gasteiger partial charge in [0.15, 0.2) is 0 Å². The van der Waals surface area contributed by atoms with Gasteiger partial charge in [-0.1, -0.05) is 15.9 Å². The van der Waals surface area contributed by atoms with Crippen molar-refractivity contribution >= 4 is 21.8 Å². The topological polar surface area (TPSA) is 55.6 Å². The number of hydrogen-bond donors (Lipinski definition) is 1. The fraction of sp³-hybridized carbons (Fsp3) is 0.500. The Kier molecular flexibility index (Phi) is 5.22. The van der Waals surface area contributed by atoms with Gasteiger partial charge >= 0.3 is 0 Å². The highest BCUT2D eigenvalue weighted by molar-refractivity contribution is 9.10. The number of hydrogen-bond acceptors (Lipinski definition) is 3. The zero-order valence-electron chi connectivity index (χ0n) is 10.8. The molecule has 0 spiro atoms. The molecular formula is C14H19BrN2O2. The van der Waals surface area contributed by atoms with Gasteiger partial charge in [-0.25, -0.2) is 0 Å². The minimum Gasteiger partial charge on any atom is -0.492 e. The summed E-state index contributed by atoms with van der Waals surface area (Å²) in [6, 6.07) is 7.83. The van der Waals surface area contributed by atoms with Gasteiger partial charge in [-0.3, -0.25) is 9.69 Å². The molecule has 1 aromatic rings. The SMILES string of the molecule is NC(=O)C1CCN(CCOc2ccc(Br)cc2)CC1. The van der Waals surface area contributed by atoms with Crippen LogP contribution in [0.2, 0.25) is 0 Å². The molecule has 1 heterocycles. The van der Waals surface area contributed by atoms with E-state index in [4.69, 9.17) is 10.5 Å². The zero-order chi connectivity index (χ0) is 13.7. The molecule has 1 aliphatic rings. The van der Waals surface area contributed by atoms with Crippen molar-refractivity contribution in [2.24, 2.45) is 11.7 Å². The normalized spacial score (nSPS) is 17.3. The monoisotopic (exact) mass is 326 g/mol. The Bertz CT molecular complexity index is 414. The number of amides is 1. The average Bonchev–Trinajstić information content (AvgIpc) is 2.41. The molecule has 5 heteroatoms. The second-order valence-electron chi connectivity index (χ2n) is 4.82. The van der Waals surface area contributed by atoms with Crippen LogP contribution >= 0.6 is 15.9 Å². The molecule has 0 aliphatic carbocycles. The second-order valence-corrected chi connectivity index (χ2v) is 5.74. The first kappa shape index (κ1) is 14.3.